The summed E-state index contributed by atoms with van der Waals surface area (Å²) < 4.78 is 13.5. The van der Waals surface area contributed by atoms with Crippen LogP contribution >= 0.6 is 11.3 Å². The summed E-state index contributed by atoms with van der Waals surface area (Å²) in [4.78, 5) is 13.3. The van der Waals surface area contributed by atoms with E-state index in [4.69, 9.17) is 14.1 Å². The molecule has 5 aromatic rings. The van der Waals surface area contributed by atoms with Gasteiger partial charge >= 0.3 is 0 Å². The van der Waals surface area contributed by atoms with Crippen LogP contribution in [0.5, 0.6) is 0 Å². The molecule has 10 heteroatoms. The normalized spacial score (nSPS) is 15.7. The molecule has 0 spiro atoms. The molecule has 0 radical (unpaired) electrons. The van der Waals surface area contributed by atoms with Gasteiger partial charge in [0.15, 0.2) is 11.4 Å². The number of anilines is 2. The number of fused-ring (bicyclic) bond motifs is 1. The van der Waals surface area contributed by atoms with Gasteiger partial charge in [-0.05, 0) is 37.8 Å². The van der Waals surface area contributed by atoms with Crippen molar-refractivity contribution < 1.29 is 14.3 Å². The summed E-state index contributed by atoms with van der Waals surface area (Å²) in [5.74, 6) is 6.74. The fraction of sp³-hybridized carbons (Fsp3) is 0.259. The van der Waals surface area contributed by atoms with E-state index in [1.54, 1.807) is 25.5 Å². The maximum atomic E-state index is 10.7. The highest BCUT2D eigenvalue weighted by atomic mass is 32.1. The van der Waals surface area contributed by atoms with Gasteiger partial charge in [-0.3, -0.25) is 4.68 Å². The van der Waals surface area contributed by atoms with Gasteiger partial charge in [-0.25, -0.2) is 15.0 Å². The molecule has 2 N–H and O–H groups in total. The highest BCUT2D eigenvalue weighted by molar-refractivity contribution is 7.09. The van der Waals surface area contributed by atoms with Gasteiger partial charge in [-0.15, -0.1) is 11.3 Å². The smallest absolute Gasteiger partial charge is 0.227 e. The lowest BCUT2D eigenvalue weighted by molar-refractivity contribution is 0.0662. The summed E-state index contributed by atoms with van der Waals surface area (Å²) in [5, 5.41) is 21.7. The summed E-state index contributed by atoms with van der Waals surface area (Å²) in [6, 6.07) is 9.89. The zero-order valence-electron chi connectivity index (χ0n) is 20.1. The number of hydrogen-bond donors (Lipinski definition) is 2. The summed E-state index contributed by atoms with van der Waals surface area (Å²) in [6.45, 7) is 3.14. The first-order valence-corrected chi connectivity index (χ1v) is 12.8. The highest BCUT2D eigenvalue weighted by Gasteiger charge is 2.23. The molecule has 1 unspecified atom stereocenters. The van der Waals surface area contributed by atoms with Gasteiger partial charge in [-0.2, -0.15) is 5.10 Å². The van der Waals surface area contributed by atoms with Crippen molar-refractivity contribution >= 4 is 33.9 Å². The Balaban J connectivity index is 1.25. The summed E-state index contributed by atoms with van der Waals surface area (Å²) in [6.07, 6.45) is 9.02. The van der Waals surface area contributed by atoms with Crippen molar-refractivity contribution in [1.82, 2.24) is 24.7 Å². The van der Waals surface area contributed by atoms with Crippen LogP contribution < -0.4 is 5.32 Å². The Morgan fingerprint density at radius 1 is 1.19 bits per heavy atom. The van der Waals surface area contributed by atoms with Gasteiger partial charge in [0, 0.05) is 54.2 Å². The molecule has 0 aliphatic carbocycles. The van der Waals surface area contributed by atoms with Crippen LogP contribution in [0.4, 0.5) is 11.6 Å². The van der Waals surface area contributed by atoms with Gasteiger partial charge in [0.25, 0.3) is 0 Å². The molecule has 0 bridgehead atoms. The van der Waals surface area contributed by atoms with Crippen LogP contribution in [-0.4, -0.2) is 43.1 Å². The van der Waals surface area contributed by atoms with Gasteiger partial charge in [0.05, 0.1) is 23.6 Å². The zero-order chi connectivity index (χ0) is 25.2. The maximum Gasteiger partial charge on any atom is 0.227 e. The third-order valence-electron chi connectivity index (χ3n) is 6.18. The molecule has 186 valence electrons. The van der Waals surface area contributed by atoms with Crippen molar-refractivity contribution in [1.29, 1.82) is 0 Å². The number of nitrogens with zero attached hydrogens (tertiary/aromatic N) is 5. The lowest BCUT2D eigenvalue weighted by Crippen LogP contribution is -2.19. The molecule has 1 aliphatic rings. The molecule has 1 saturated heterocycles. The molecule has 1 atom stereocenters. The number of furan rings is 1. The van der Waals surface area contributed by atoms with Crippen molar-refractivity contribution in [2.45, 2.75) is 31.4 Å². The Morgan fingerprint density at radius 3 is 2.92 bits per heavy atom. The Hall–Kier alpha value is -4.04. The van der Waals surface area contributed by atoms with Crippen LogP contribution in [0.25, 0.3) is 22.2 Å². The Bertz CT molecular complexity index is 1590. The molecule has 37 heavy (non-hydrogen) atoms. The number of para-hydroxylation sites is 1. The molecule has 1 aliphatic heterocycles. The van der Waals surface area contributed by atoms with E-state index in [9.17, 15) is 5.11 Å². The second kappa shape index (κ2) is 9.78. The highest BCUT2D eigenvalue weighted by Crippen LogP contribution is 2.31. The molecule has 4 aromatic heterocycles. The average molecular weight is 513 g/mol. The Morgan fingerprint density at radius 2 is 2.08 bits per heavy atom. The van der Waals surface area contributed by atoms with Crippen LogP contribution in [0.15, 0.2) is 64.9 Å². The second-order valence-corrected chi connectivity index (χ2v) is 9.83. The van der Waals surface area contributed by atoms with Gasteiger partial charge in [0.1, 0.15) is 10.6 Å². The van der Waals surface area contributed by atoms with Gasteiger partial charge < -0.3 is 19.6 Å². The Labute approximate surface area is 217 Å². The molecule has 1 fully saturated rings. The molecular formula is C27H24N6O3S. The van der Waals surface area contributed by atoms with E-state index in [-0.39, 0.29) is 0 Å². The Kier molecular flexibility index (Phi) is 6.18. The quantitative estimate of drug-likeness (QED) is 0.320. The summed E-state index contributed by atoms with van der Waals surface area (Å²) in [5.41, 5.74) is 1.66. The number of aromatic nitrogens is 5. The fourth-order valence-electron chi connectivity index (χ4n) is 4.28. The number of aliphatic hydroxyl groups is 1. The zero-order valence-corrected chi connectivity index (χ0v) is 20.9. The number of thiazole rings is 1. The van der Waals surface area contributed by atoms with Crippen molar-refractivity contribution in [3.05, 3.63) is 71.3 Å². The van der Waals surface area contributed by atoms with Crippen LogP contribution in [0, 0.1) is 11.8 Å². The number of hydrogen-bond acceptors (Lipinski definition) is 9. The maximum absolute atomic E-state index is 10.7. The van der Waals surface area contributed by atoms with E-state index in [1.165, 1.54) is 11.3 Å². The third-order valence-corrected chi connectivity index (χ3v) is 7.16. The van der Waals surface area contributed by atoms with Gasteiger partial charge in [-0.1, -0.05) is 18.1 Å². The first-order chi connectivity index (χ1) is 18.0. The molecule has 6 rings (SSSR count). The first-order valence-electron chi connectivity index (χ1n) is 12.0. The molecule has 0 amide bonds. The standard InChI is InChI=1S/C27H24N6O3S/c1-27(34,25-28-11-14-37-25)9-5-21-15-18-3-2-4-22(24(18)36-21)23-6-10-29-26(32-23)31-19-16-30-33(17-19)20-7-12-35-13-8-20/h2-4,6,10-11,14-17,20,34H,7-8,12-13H2,1H3,(H,29,31,32). The predicted molar refractivity (Wildman–Crippen MR) is 140 cm³/mol. The summed E-state index contributed by atoms with van der Waals surface area (Å²) in [7, 11) is 0. The van der Waals surface area contributed by atoms with Crippen molar-refractivity contribution in [3.63, 3.8) is 0 Å². The van der Waals surface area contributed by atoms with Crippen molar-refractivity contribution in [3.8, 4) is 23.1 Å². The number of benzene rings is 1. The topological polar surface area (TPSA) is 111 Å². The van der Waals surface area contributed by atoms with Crippen LogP contribution in [-0.2, 0) is 10.3 Å². The monoisotopic (exact) mass is 512 g/mol. The average Bonchev–Trinajstić information content (AvgIpc) is 3.69. The van der Waals surface area contributed by atoms with Gasteiger partial charge in [0.2, 0.25) is 5.95 Å². The number of nitrogens with one attached hydrogen (secondary N) is 1. The number of ether oxygens (including phenoxy) is 1. The summed E-state index contributed by atoms with van der Waals surface area (Å²) >= 11 is 1.36. The molecule has 0 saturated carbocycles. The second-order valence-electron chi connectivity index (χ2n) is 8.94. The molecule has 1 aromatic carbocycles. The first kappa shape index (κ1) is 23.4. The lowest BCUT2D eigenvalue weighted by Gasteiger charge is -2.22. The SMILES string of the molecule is CC(O)(C#Cc1cc2cccc(-c3ccnc(Nc4cnn(C5CCOCC5)c4)n3)c2o1)c1nccs1. The van der Waals surface area contributed by atoms with Crippen LogP contribution in [0.2, 0.25) is 0 Å². The molecular weight excluding hydrogens is 488 g/mol. The van der Waals surface area contributed by atoms with E-state index in [0.717, 1.165) is 42.7 Å². The molecule has 9 nitrogen and oxygen atoms in total. The minimum atomic E-state index is -1.36. The van der Waals surface area contributed by atoms with Crippen molar-refractivity contribution in [2.75, 3.05) is 18.5 Å². The van der Waals surface area contributed by atoms with Crippen LogP contribution in [0.3, 0.4) is 0 Å². The lowest BCUT2D eigenvalue weighted by atomic mass is 10.1. The fourth-order valence-corrected chi connectivity index (χ4v) is 4.93. The minimum absolute atomic E-state index is 0.343. The van der Waals surface area contributed by atoms with Crippen molar-refractivity contribution in [2.24, 2.45) is 0 Å². The van der Waals surface area contributed by atoms with E-state index in [0.29, 0.717) is 34.0 Å². The number of rotatable bonds is 5. The van der Waals surface area contributed by atoms with E-state index in [2.05, 4.69) is 32.2 Å². The predicted octanol–water partition coefficient (Wildman–Crippen LogP) is 4.90. The van der Waals surface area contributed by atoms with Crippen LogP contribution in [0.1, 0.15) is 36.6 Å². The van der Waals surface area contributed by atoms with E-state index < -0.39 is 5.60 Å². The minimum Gasteiger partial charge on any atom is -0.447 e. The van der Waals surface area contributed by atoms with E-state index >= 15 is 0 Å². The van der Waals surface area contributed by atoms with E-state index in [1.807, 2.05) is 46.6 Å². The largest absolute Gasteiger partial charge is 0.447 e. The molecule has 5 heterocycles. The third kappa shape index (κ3) is 4.97.